The van der Waals surface area contributed by atoms with Gasteiger partial charge in [0.15, 0.2) is 0 Å². The molecular weight excluding hydrogens is 546 g/mol. The quantitative estimate of drug-likeness (QED) is 0.541. The molecule has 2 aromatic carbocycles. The van der Waals surface area contributed by atoms with E-state index in [-0.39, 0.29) is 51.8 Å². The number of methoxy groups -OCH3 is 1. The number of benzene rings is 2. The Morgan fingerprint density at radius 1 is 1.23 bits per heavy atom. The van der Waals surface area contributed by atoms with Crippen molar-refractivity contribution in [1.82, 2.24) is 10.6 Å². The monoisotopic (exact) mass is 571 g/mol. The molecule has 2 fully saturated rings. The summed E-state index contributed by atoms with van der Waals surface area (Å²) in [5, 5.41) is 8.05. The van der Waals surface area contributed by atoms with Gasteiger partial charge in [0.1, 0.15) is 5.75 Å². The van der Waals surface area contributed by atoms with Crippen LogP contribution in [0.1, 0.15) is 41.5 Å². The fraction of sp³-hybridized carbons (Fsp3) is 0.435. The highest BCUT2D eigenvalue weighted by Gasteiger charge is 2.50. The molecule has 2 unspecified atom stereocenters. The first-order valence-electron chi connectivity index (χ1n) is 10.3. The Kier molecular flexibility index (Phi) is 7.75. The second-order valence-corrected chi connectivity index (χ2v) is 8.77. The van der Waals surface area contributed by atoms with E-state index < -0.39 is 0 Å². The third kappa shape index (κ3) is 4.53. The second kappa shape index (κ2) is 9.79. The van der Waals surface area contributed by atoms with Crippen molar-refractivity contribution in [3.8, 4) is 5.75 Å². The van der Waals surface area contributed by atoms with Gasteiger partial charge in [0.25, 0.3) is 0 Å². The summed E-state index contributed by atoms with van der Waals surface area (Å²) >= 11 is 6.19. The fourth-order valence-corrected chi connectivity index (χ4v) is 5.14. The van der Waals surface area contributed by atoms with Gasteiger partial charge in [-0.15, -0.1) is 34.0 Å². The minimum absolute atomic E-state index is 0. The molecule has 5 nitrogen and oxygen atoms in total. The summed E-state index contributed by atoms with van der Waals surface area (Å²) in [6.45, 7) is 1.66. The lowest BCUT2D eigenvalue weighted by atomic mass is 9.97. The molecule has 3 aliphatic rings. The molecule has 2 N–H and O–H groups in total. The Balaban J connectivity index is 0.00000136. The maximum atomic E-state index is 12.4. The van der Waals surface area contributed by atoms with Crippen molar-refractivity contribution in [3.63, 3.8) is 0 Å². The summed E-state index contributed by atoms with van der Waals surface area (Å²) < 4.78 is 5.71. The normalized spacial score (nSPS) is 25.8. The van der Waals surface area contributed by atoms with Crippen molar-refractivity contribution in [2.24, 2.45) is 5.92 Å². The zero-order chi connectivity index (χ0) is 20.1. The third-order valence-corrected chi connectivity index (χ3v) is 6.85. The van der Waals surface area contributed by atoms with Crippen LogP contribution in [0.5, 0.6) is 5.75 Å². The maximum Gasteiger partial charge on any atom is 0.230 e. The van der Waals surface area contributed by atoms with Crippen molar-refractivity contribution in [2.75, 3.05) is 25.6 Å². The van der Waals surface area contributed by atoms with E-state index in [0.717, 1.165) is 41.4 Å². The number of nitrogens with one attached hydrogen (secondary N) is 2. The van der Waals surface area contributed by atoms with Crippen LogP contribution < -0.4 is 20.3 Å². The average Bonchev–Trinajstić information content (AvgIpc) is 3.40. The van der Waals surface area contributed by atoms with Gasteiger partial charge in [-0.25, -0.2) is 0 Å². The van der Waals surface area contributed by atoms with Crippen LogP contribution in [0.2, 0.25) is 5.02 Å². The Bertz CT molecular complexity index is 974. The zero-order valence-electron chi connectivity index (χ0n) is 17.6. The van der Waals surface area contributed by atoms with Gasteiger partial charge < -0.3 is 20.3 Å². The third-order valence-electron chi connectivity index (χ3n) is 6.61. The topological polar surface area (TPSA) is 53.6 Å². The number of ether oxygens (including phenoxy) is 1. The molecule has 0 aromatic heterocycles. The summed E-state index contributed by atoms with van der Waals surface area (Å²) in [4.78, 5) is 14.3. The number of nitrogens with zero attached hydrogens (tertiary/aromatic N) is 1. The van der Waals surface area contributed by atoms with Gasteiger partial charge in [-0.05, 0) is 60.7 Å². The van der Waals surface area contributed by atoms with Crippen LogP contribution in [0.15, 0.2) is 36.4 Å². The minimum Gasteiger partial charge on any atom is -0.496 e. The predicted octanol–water partition coefficient (Wildman–Crippen LogP) is 4.78. The first-order chi connectivity index (χ1) is 14.1. The van der Waals surface area contributed by atoms with Gasteiger partial charge in [0.2, 0.25) is 5.91 Å². The minimum atomic E-state index is 0. The lowest BCUT2D eigenvalue weighted by Gasteiger charge is -2.28. The van der Waals surface area contributed by atoms with Crippen molar-refractivity contribution in [2.45, 2.75) is 37.4 Å². The van der Waals surface area contributed by atoms with E-state index >= 15 is 0 Å². The van der Waals surface area contributed by atoms with E-state index in [2.05, 4.69) is 28.8 Å². The van der Waals surface area contributed by atoms with E-state index in [9.17, 15) is 4.79 Å². The Morgan fingerprint density at radius 2 is 2.03 bits per heavy atom. The number of rotatable bonds is 5. The number of carbonyl (C=O) groups is 1. The van der Waals surface area contributed by atoms with E-state index in [1.807, 2.05) is 30.1 Å². The Labute approximate surface area is 209 Å². The van der Waals surface area contributed by atoms with E-state index in [1.165, 1.54) is 11.1 Å². The standard InChI is InChI=1S/C23H26ClN3O2.2BrH/c1-27-20-9-14(21(29-2)11-17(20)16-10-18(16)23(27)28)12-26-19-6-7-25-22(19)13-4-3-5-15(24)8-13;;/h3-5,8-9,11,16,18-19,22,25-26H,6-7,10,12H2,1-2H3;2*1H/t16-,18-,19?,22?;;/m1../s1. The molecule has 1 saturated heterocycles. The summed E-state index contributed by atoms with van der Waals surface area (Å²) in [6, 6.07) is 12.9. The van der Waals surface area contributed by atoms with Crippen LogP contribution in [-0.4, -0.2) is 32.7 Å². The van der Waals surface area contributed by atoms with Crippen LogP contribution in [-0.2, 0) is 11.3 Å². The molecule has 2 aromatic rings. The summed E-state index contributed by atoms with van der Waals surface area (Å²) in [7, 11) is 3.61. The first kappa shape index (κ1) is 24.5. The summed E-state index contributed by atoms with van der Waals surface area (Å²) in [5.74, 6) is 1.68. The van der Waals surface area contributed by atoms with Crippen molar-refractivity contribution in [1.29, 1.82) is 0 Å². The molecule has 8 heteroatoms. The molecule has 1 saturated carbocycles. The largest absolute Gasteiger partial charge is 0.496 e. The number of hydrogen-bond donors (Lipinski definition) is 2. The number of amides is 1. The molecule has 0 radical (unpaired) electrons. The van der Waals surface area contributed by atoms with E-state index in [1.54, 1.807) is 7.11 Å². The molecule has 31 heavy (non-hydrogen) atoms. The van der Waals surface area contributed by atoms with Crippen molar-refractivity contribution >= 4 is 57.2 Å². The number of halogens is 3. The van der Waals surface area contributed by atoms with Crippen LogP contribution in [0, 0.1) is 5.92 Å². The molecule has 4 atom stereocenters. The van der Waals surface area contributed by atoms with Gasteiger partial charge >= 0.3 is 0 Å². The molecule has 168 valence electrons. The summed E-state index contributed by atoms with van der Waals surface area (Å²) in [5.41, 5.74) is 4.57. The van der Waals surface area contributed by atoms with E-state index in [0.29, 0.717) is 18.5 Å². The Hall–Kier alpha value is -1.12. The average molecular weight is 574 g/mol. The van der Waals surface area contributed by atoms with Crippen molar-refractivity contribution in [3.05, 3.63) is 58.1 Å². The molecule has 2 aliphatic heterocycles. The van der Waals surface area contributed by atoms with Gasteiger partial charge in [0, 0.05) is 47.9 Å². The smallest absolute Gasteiger partial charge is 0.230 e. The van der Waals surface area contributed by atoms with Gasteiger partial charge in [-0.2, -0.15) is 0 Å². The number of hydrogen-bond acceptors (Lipinski definition) is 4. The second-order valence-electron chi connectivity index (χ2n) is 8.33. The lowest BCUT2D eigenvalue weighted by molar-refractivity contribution is -0.119. The van der Waals surface area contributed by atoms with Crippen LogP contribution in [0.4, 0.5) is 5.69 Å². The van der Waals surface area contributed by atoms with Crippen molar-refractivity contribution < 1.29 is 9.53 Å². The number of fused-ring (bicyclic) bond motifs is 3. The maximum absolute atomic E-state index is 12.4. The number of anilines is 1. The summed E-state index contributed by atoms with van der Waals surface area (Å²) in [6.07, 6.45) is 2.01. The first-order valence-corrected chi connectivity index (χ1v) is 10.6. The Morgan fingerprint density at radius 3 is 2.77 bits per heavy atom. The number of carbonyl (C=O) groups excluding carboxylic acids is 1. The molecule has 1 aliphatic carbocycles. The van der Waals surface area contributed by atoms with Crippen LogP contribution >= 0.6 is 45.6 Å². The highest BCUT2D eigenvalue weighted by molar-refractivity contribution is 8.93. The molecule has 0 bridgehead atoms. The SMILES string of the molecule is Br.Br.COc1cc2c(cc1CNC1CCNC1c1cccc(Cl)c1)N(C)C(=O)[C@@H]1C[C@H]21. The van der Waals surface area contributed by atoms with Gasteiger partial charge in [0.05, 0.1) is 7.11 Å². The predicted molar refractivity (Wildman–Crippen MR) is 135 cm³/mol. The van der Waals surface area contributed by atoms with Crippen LogP contribution in [0.3, 0.4) is 0 Å². The molecule has 1 amide bonds. The van der Waals surface area contributed by atoms with Gasteiger partial charge in [-0.3, -0.25) is 4.79 Å². The molecule has 0 spiro atoms. The van der Waals surface area contributed by atoms with Gasteiger partial charge in [-0.1, -0.05) is 23.7 Å². The fourth-order valence-electron chi connectivity index (χ4n) is 4.94. The van der Waals surface area contributed by atoms with E-state index in [4.69, 9.17) is 16.3 Å². The van der Waals surface area contributed by atoms with Crippen LogP contribution in [0.25, 0.3) is 0 Å². The highest BCUT2D eigenvalue weighted by atomic mass is 79.9. The molecular formula is C23H28Br2ClN3O2. The highest BCUT2D eigenvalue weighted by Crippen LogP contribution is 2.56. The molecule has 5 rings (SSSR count). The lowest BCUT2D eigenvalue weighted by Crippen LogP contribution is -2.34. The zero-order valence-corrected chi connectivity index (χ0v) is 21.7. The molecule has 2 heterocycles.